The van der Waals surface area contributed by atoms with Crippen LogP contribution in [-0.2, 0) is 13.6 Å². The standard InChI is InChI=1S/C18H32BrN5.HI/c1-5-20-18(21-11-15-8-7-9-24(6-2)12-15)23(4)14-17-10-16(19)13-22(17)3;/h10,13,15H,5-9,11-12,14H2,1-4H3,(H,20,21);1H. The topological polar surface area (TPSA) is 35.8 Å². The van der Waals surface area contributed by atoms with Crippen LogP contribution in [0.2, 0.25) is 0 Å². The van der Waals surface area contributed by atoms with E-state index in [1.807, 2.05) is 0 Å². The summed E-state index contributed by atoms with van der Waals surface area (Å²) in [7, 11) is 4.20. The molecule has 5 nitrogen and oxygen atoms in total. The molecule has 0 aliphatic carbocycles. The second-order valence-electron chi connectivity index (χ2n) is 6.71. The van der Waals surface area contributed by atoms with E-state index in [9.17, 15) is 0 Å². The molecule has 1 saturated heterocycles. The Morgan fingerprint density at radius 2 is 2.20 bits per heavy atom. The van der Waals surface area contributed by atoms with Crippen molar-refractivity contribution < 1.29 is 0 Å². The largest absolute Gasteiger partial charge is 0.357 e. The number of aryl methyl sites for hydroxylation is 1. The summed E-state index contributed by atoms with van der Waals surface area (Å²) in [4.78, 5) is 9.68. The van der Waals surface area contributed by atoms with Crippen LogP contribution in [0.4, 0.5) is 0 Å². The van der Waals surface area contributed by atoms with E-state index in [1.54, 1.807) is 0 Å². The predicted molar refractivity (Wildman–Crippen MR) is 121 cm³/mol. The van der Waals surface area contributed by atoms with Crippen molar-refractivity contribution in [3.63, 3.8) is 0 Å². The van der Waals surface area contributed by atoms with Gasteiger partial charge in [-0.3, -0.25) is 4.99 Å². The highest BCUT2D eigenvalue weighted by molar-refractivity contribution is 14.0. The van der Waals surface area contributed by atoms with Gasteiger partial charge in [-0.2, -0.15) is 0 Å². The van der Waals surface area contributed by atoms with E-state index in [2.05, 4.69) is 75.8 Å². The highest BCUT2D eigenvalue weighted by Gasteiger charge is 2.19. The van der Waals surface area contributed by atoms with Crippen LogP contribution >= 0.6 is 39.9 Å². The summed E-state index contributed by atoms with van der Waals surface area (Å²) in [6, 6.07) is 2.17. The SMILES string of the molecule is CCNC(=NCC1CCCN(CC)C1)N(C)Cc1cc(Br)cn1C.I. The van der Waals surface area contributed by atoms with E-state index in [4.69, 9.17) is 4.99 Å². The van der Waals surface area contributed by atoms with Gasteiger partial charge in [0.15, 0.2) is 5.96 Å². The van der Waals surface area contributed by atoms with Gasteiger partial charge in [0.1, 0.15) is 0 Å². The Labute approximate surface area is 178 Å². The predicted octanol–water partition coefficient (Wildman–Crippen LogP) is 3.53. The lowest BCUT2D eigenvalue weighted by atomic mass is 9.98. The Kier molecular flexibility index (Phi) is 10.4. The van der Waals surface area contributed by atoms with E-state index >= 15 is 0 Å². The van der Waals surface area contributed by atoms with Crippen LogP contribution in [0.5, 0.6) is 0 Å². The number of piperidine rings is 1. The van der Waals surface area contributed by atoms with Crippen molar-refractivity contribution in [1.29, 1.82) is 0 Å². The molecule has 144 valence electrons. The molecule has 1 aliphatic heterocycles. The summed E-state index contributed by atoms with van der Waals surface area (Å²) in [5, 5.41) is 3.44. The summed E-state index contributed by atoms with van der Waals surface area (Å²) in [6.45, 7) is 10.6. The normalized spacial score (nSPS) is 18.8. The zero-order chi connectivity index (χ0) is 17.5. The summed E-state index contributed by atoms with van der Waals surface area (Å²) in [5.41, 5.74) is 1.27. The van der Waals surface area contributed by atoms with Gasteiger partial charge in [-0.15, -0.1) is 24.0 Å². The molecule has 2 rings (SSSR count). The number of hydrogen-bond donors (Lipinski definition) is 1. The van der Waals surface area contributed by atoms with Crippen LogP contribution in [0.1, 0.15) is 32.4 Å². The Morgan fingerprint density at radius 1 is 1.44 bits per heavy atom. The van der Waals surface area contributed by atoms with E-state index in [1.165, 1.54) is 31.6 Å². The zero-order valence-corrected chi connectivity index (χ0v) is 19.9. The Hall–Kier alpha value is -0.280. The molecular formula is C18H33BrIN5. The maximum Gasteiger partial charge on any atom is 0.194 e. The zero-order valence-electron chi connectivity index (χ0n) is 16.0. The highest BCUT2D eigenvalue weighted by Crippen LogP contribution is 2.17. The number of aromatic nitrogens is 1. The Bertz CT molecular complexity index is 546. The van der Waals surface area contributed by atoms with Gasteiger partial charge in [-0.25, -0.2) is 0 Å². The van der Waals surface area contributed by atoms with Crippen LogP contribution in [-0.4, -0.2) is 60.1 Å². The number of guanidine groups is 1. The molecule has 0 radical (unpaired) electrons. The van der Waals surface area contributed by atoms with Gasteiger partial charge >= 0.3 is 0 Å². The van der Waals surface area contributed by atoms with Gasteiger partial charge < -0.3 is 19.7 Å². The van der Waals surface area contributed by atoms with Crippen LogP contribution in [0, 0.1) is 5.92 Å². The minimum Gasteiger partial charge on any atom is -0.357 e. The van der Waals surface area contributed by atoms with Gasteiger partial charge in [-0.1, -0.05) is 6.92 Å². The first-order valence-electron chi connectivity index (χ1n) is 9.06. The molecule has 1 N–H and O–H groups in total. The third kappa shape index (κ3) is 7.09. The molecule has 1 atom stereocenters. The molecule has 1 unspecified atom stereocenters. The highest BCUT2D eigenvalue weighted by atomic mass is 127. The molecule has 0 spiro atoms. The fourth-order valence-electron chi connectivity index (χ4n) is 3.31. The smallest absolute Gasteiger partial charge is 0.194 e. The lowest BCUT2D eigenvalue weighted by Crippen LogP contribution is -2.40. The molecule has 1 aliphatic rings. The van der Waals surface area contributed by atoms with Crippen molar-refractivity contribution in [3.05, 3.63) is 22.4 Å². The third-order valence-corrected chi connectivity index (χ3v) is 5.15. The molecule has 1 fully saturated rings. The van der Waals surface area contributed by atoms with Crippen LogP contribution in [0.15, 0.2) is 21.7 Å². The van der Waals surface area contributed by atoms with Gasteiger partial charge in [0.05, 0.1) is 6.54 Å². The Morgan fingerprint density at radius 3 is 2.80 bits per heavy atom. The molecule has 25 heavy (non-hydrogen) atoms. The first-order valence-corrected chi connectivity index (χ1v) is 9.85. The third-order valence-electron chi connectivity index (χ3n) is 4.72. The fourth-order valence-corrected chi connectivity index (χ4v) is 3.89. The van der Waals surface area contributed by atoms with Crippen molar-refractivity contribution in [1.82, 2.24) is 19.7 Å². The van der Waals surface area contributed by atoms with Crippen molar-refractivity contribution in [3.8, 4) is 0 Å². The van der Waals surface area contributed by atoms with Gasteiger partial charge in [0, 0.05) is 50.1 Å². The number of halogens is 2. The van der Waals surface area contributed by atoms with Gasteiger partial charge in [-0.05, 0) is 60.8 Å². The molecule has 0 bridgehead atoms. The second kappa shape index (κ2) is 11.4. The summed E-state index contributed by atoms with van der Waals surface area (Å²) in [5.74, 6) is 1.69. The second-order valence-corrected chi connectivity index (χ2v) is 7.63. The minimum atomic E-state index is 0. The quantitative estimate of drug-likeness (QED) is 0.350. The fraction of sp³-hybridized carbons (Fsp3) is 0.722. The first-order chi connectivity index (χ1) is 11.5. The molecule has 0 aromatic carbocycles. The average Bonchev–Trinajstić information content (AvgIpc) is 2.88. The maximum atomic E-state index is 4.92. The molecule has 7 heteroatoms. The molecule has 1 aromatic rings. The average molecular weight is 526 g/mol. The van der Waals surface area contributed by atoms with Crippen molar-refractivity contribution in [2.45, 2.75) is 33.2 Å². The molecular weight excluding hydrogens is 493 g/mol. The van der Waals surface area contributed by atoms with Crippen molar-refractivity contribution in [2.75, 3.05) is 39.8 Å². The van der Waals surface area contributed by atoms with E-state index < -0.39 is 0 Å². The molecule has 2 heterocycles. The van der Waals surface area contributed by atoms with Crippen LogP contribution in [0.3, 0.4) is 0 Å². The minimum absolute atomic E-state index is 0. The summed E-state index contributed by atoms with van der Waals surface area (Å²) >= 11 is 3.55. The number of hydrogen-bond acceptors (Lipinski definition) is 2. The number of nitrogens with zero attached hydrogens (tertiary/aromatic N) is 4. The van der Waals surface area contributed by atoms with Crippen molar-refractivity contribution >= 4 is 45.9 Å². The lowest BCUT2D eigenvalue weighted by Gasteiger charge is -2.31. The molecule has 0 saturated carbocycles. The summed E-state index contributed by atoms with van der Waals surface area (Å²) in [6.07, 6.45) is 4.69. The van der Waals surface area contributed by atoms with E-state index in [-0.39, 0.29) is 24.0 Å². The van der Waals surface area contributed by atoms with E-state index in [0.717, 1.165) is 36.6 Å². The summed E-state index contributed by atoms with van der Waals surface area (Å²) < 4.78 is 3.28. The van der Waals surface area contributed by atoms with E-state index in [0.29, 0.717) is 5.92 Å². The molecule has 1 aromatic heterocycles. The number of nitrogens with one attached hydrogen (secondary N) is 1. The maximum absolute atomic E-state index is 4.92. The van der Waals surface area contributed by atoms with Gasteiger partial charge in [0.2, 0.25) is 0 Å². The number of rotatable bonds is 6. The van der Waals surface area contributed by atoms with Crippen molar-refractivity contribution in [2.24, 2.45) is 18.0 Å². The Balaban J connectivity index is 0.00000312. The monoisotopic (exact) mass is 525 g/mol. The van der Waals surface area contributed by atoms with Gasteiger partial charge in [0.25, 0.3) is 0 Å². The number of aliphatic imine (C=N–C) groups is 1. The first kappa shape index (κ1) is 22.8. The number of likely N-dealkylation sites (tertiary alicyclic amines) is 1. The van der Waals surface area contributed by atoms with Crippen LogP contribution < -0.4 is 5.32 Å². The van der Waals surface area contributed by atoms with Crippen LogP contribution in [0.25, 0.3) is 0 Å². The lowest BCUT2D eigenvalue weighted by molar-refractivity contribution is 0.186. The molecule has 0 amide bonds.